The SMILES string of the molecule is O=C(NC1CCNCC1)c1cccc(S(=O)(=O)Nc2ccccc2F)c1. The van der Waals surface area contributed by atoms with Crippen molar-refractivity contribution in [2.75, 3.05) is 17.8 Å². The molecule has 1 aliphatic rings. The fraction of sp³-hybridized carbons (Fsp3) is 0.278. The number of para-hydroxylation sites is 1. The Morgan fingerprint density at radius 1 is 1.08 bits per heavy atom. The highest BCUT2D eigenvalue weighted by molar-refractivity contribution is 7.92. The third kappa shape index (κ3) is 4.39. The number of nitrogens with one attached hydrogen (secondary N) is 3. The topological polar surface area (TPSA) is 87.3 Å². The number of sulfonamides is 1. The van der Waals surface area contributed by atoms with E-state index >= 15 is 0 Å². The van der Waals surface area contributed by atoms with Crippen LogP contribution >= 0.6 is 0 Å². The van der Waals surface area contributed by atoms with Crippen molar-refractivity contribution < 1.29 is 17.6 Å². The van der Waals surface area contributed by atoms with Gasteiger partial charge < -0.3 is 10.6 Å². The van der Waals surface area contributed by atoms with Gasteiger partial charge in [-0.2, -0.15) is 0 Å². The molecule has 138 valence electrons. The van der Waals surface area contributed by atoms with Gasteiger partial charge in [0.1, 0.15) is 5.82 Å². The number of hydrogen-bond donors (Lipinski definition) is 3. The molecule has 1 amide bonds. The Hall–Kier alpha value is -2.45. The lowest BCUT2D eigenvalue weighted by Crippen LogP contribution is -2.42. The predicted molar refractivity (Wildman–Crippen MR) is 97.0 cm³/mol. The molecule has 1 saturated heterocycles. The van der Waals surface area contributed by atoms with E-state index in [-0.39, 0.29) is 28.1 Å². The molecule has 0 aliphatic carbocycles. The molecule has 26 heavy (non-hydrogen) atoms. The van der Waals surface area contributed by atoms with Crippen LogP contribution in [-0.2, 0) is 10.0 Å². The lowest BCUT2D eigenvalue weighted by Gasteiger charge is -2.23. The van der Waals surface area contributed by atoms with Crippen LogP contribution in [0.15, 0.2) is 53.4 Å². The molecule has 1 aliphatic heterocycles. The first-order chi connectivity index (χ1) is 12.5. The predicted octanol–water partition coefficient (Wildman–Crippen LogP) is 2.11. The molecule has 0 saturated carbocycles. The van der Waals surface area contributed by atoms with Gasteiger partial charge in [0.25, 0.3) is 15.9 Å². The van der Waals surface area contributed by atoms with Crippen LogP contribution in [0.4, 0.5) is 10.1 Å². The number of halogens is 1. The second-order valence-corrected chi connectivity index (χ2v) is 7.79. The van der Waals surface area contributed by atoms with Crippen molar-refractivity contribution in [2.24, 2.45) is 0 Å². The average molecular weight is 377 g/mol. The lowest BCUT2D eigenvalue weighted by atomic mass is 10.1. The van der Waals surface area contributed by atoms with Gasteiger partial charge in [-0.3, -0.25) is 9.52 Å². The van der Waals surface area contributed by atoms with Gasteiger partial charge >= 0.3 is 0 Å². The average Bonchev–Trinajstić information content (AvgIpc) is 2.64. The summed E-state index contributed by atoms with van der Waals surface area (Å²) in [5.74, 6) is -0.990. The third-order valence-corrected chi connectivity index (χ3v) is 5.56. The van der Waals surface area contributed by atoms with E-state index in [4.69, 9.17) is 0 Å². The van der Waals surface area contributed by atoms with Crippen LogP contribution in [0, 0.1) is 5.82 Å². The van der Waals surface area contributed by atoms with Gasteiger partial charge in [0, 0.05) is 11.6 Å². The van der Waals surface area contributed by atoms with Crippen molar-refractivity contribution in [3.8, 4) is 0 Å². The summed E-state index contributed by atoms with van der Waals surface area (Å²) >= 11 is 0. The number of amides is 1. The van der Waals surface area contributed by atoms with Crippen LogP contribution < -0.4 is 15.4 Å². The minimum absolute atomic E-state index is 0.0700. The highest BCUT2D eigenvalue weighted by Gasteiger charge is 2.20. The third-order valence-electron chi connectivity index (χ3n) is 4.20. The monoisotopic (exact) mass is 377 g/mol. The Balaban J connectivity index is 1.77. The van der Waals surface area contributed by atoms with Gasteiger partial charge in [-0.1, -0.05) is 18.2 Å². The number of carbonyl (C=O) groups is 1. The maximum Gasteiger partial charge on any atom is 0.262 e. The summed E-state index contributed by atoms with van der Waals surface area (Å²) in [5, 5.41) is 6.13. The quantitative estimate of drug-likeness (QED) is 0.745. The molecule has 2 aromatic rings. The number of hydrogen-bond acceptors (Lipinski definition) is 4. The maximum atomic E-state index is 13.7. The molecular weight excluding hydrogens is 357 g/mol. The Bertz CT molecular complexity index is 896. The first-order valence-corrected chi connectivity index (χ1v) is 9.83. The van der Waals surface area contributed by atoms with E-state index in [0.29, 0.717) is 0 Å². The normalized spacial score (nSPS) is 15.4. The summed E-state index contributed by atoms with van der Waals surface area (Å²) in [6.45, 7) is 1.68. The van der Waals surface area contributed by atoms with E-state index < -0.39 is 15.8 Å². The van der Waals surface area contributed by atoms with Crippen molar-refractivity contribution in [3.63, 3.8) is 0 Å². The lowest BCUT2D eigenvalue weighted by molar-refractivity contribution is 0.0929. The van der Waals surface area contributed by atoms with Gasteiger partial charge in [0.15, 0.2) is 0 Å². The summed E-state index contributed by atoms with van der Waals surface area (Å²) in [6, 6.07) is 11.3. The highest BCUT2D eigenvalue weighted by Crippen LogP contribution is 2.19. The van der Waals surface area contributed by atoms with Crippen molar-refractivity contribution in [1.82, 2.24) is 10.6 Å². The molecular formula is C18H20FN3O3S. The smallest absolute Gasteiger partial charge is 0.262 e. The van der Waals surface area contributed by atoms with Gasteiger partial charge in [0.2, 0.25) is 0 Å². The minimum atomic E-state index is -4.00. The Morgan fingerprint density at radius 2 is 1.81 bits per heavy atom. The van der Waals surface area contributed by atoms with E-state index in [9.17, 15) is 17.6 Å². The summed E-state index contributed by atoms with van der Waals surface area (Å²) in [4.78, 5) is 12.3. The van der Waals surface area contributed by atoms with Gasteiger partial charge in [-0.25, -0.2) is 12.8 Å². The van der Waals surface area contributed by atoms with E-state index in [1.54, 1.807) is 6.07 Å². The Labute approximate surface area is 151 Å². The second-order valence-electron chi connectivity index (χ2n) is 6.11. The Morgan fingerprint density at radius 3 is 2.54 bits per heavy atom. The molecule has 6 nitrogen and oxygen atoms in total. The molecule has 0 unspecified atom stereocenters. The van der Waals surface area contributed by atoms with E-state index in [0.717, 1.165) is 25.9 Å². The molecule has 1 fully saturated rings. The van der Waals surface area contributed by atoms with Crippen LogP contribution in [-0.4, -0.2) is 33.5 Å². The molecule has 0 spiro atoms. The summed E-state index contributed by atoms with van der Waals surface area (Å²) in [6.07, 6.45) is 1.66. The van der Waals surface area contributed by atoms with Gasteiger partial charge in [-0.05, 0) is 56.3 Å². The zero-order valence-electron chi connectivity index (χ0n) is 14.0. The molecule has 3 rings (SSSR count). The van der Waals surface area contributed by atoms with Crippen LogP contribution in [0.1, 0.15) is 23.2 Å². The molecule has 3 N–H and O–H groups in total. The molecule has 2 aromatic carbocycles. The summed E-state index contributed by atoms with van der Waals surface area (Å²) in [7, 11) is -4.00. The molecule has 0 radical (unpaired) electrons. The number of anilines is 1. The largest absolute Gasteiger partial charge is 0.349 e. The van der Waals surface area contributed by atoms with Crippen molar-refractivity contribution in [3.05, 3.63) is 59.9 Å². The van der Waals surface area contributed by atoms with Crippen LogP contribution in [0.5, 0.6) is 0 Å². The zero-order valence-corrected chi connectivity index (χ0v) is 14.9. The second kappa shape index (κ2) is 7.84. The van der Waals surface area contributed by atoms with Crippen LogP contribution in [0.2, 0.25) is 0 Å². The van der Waals surface area contributed by atoms with E-state index in [2.05, 4.69) is 15.4 Å². The standard InChI is InChI=1S/C18H20FN3O3S/c19-16-6-1-2-7-17(16)22-26(24,25)15-5-3-4-13(12-15)18(23)21-14-8-10-20-11-9-14/h1-7,12,14,20,22H,8-11H2,(H,21,23). The first-order valence-electron chi connectivity index (χ1n) is 8.35. The van der Waals surface area contributed by atoms with E-state index in [1.807, 2.05) is 0 Å². The van der Waals surface area contributed by atoms with Gasteiger partial charge in [0.05, 0.1) is 10.6 Å². The molecule has 1 heterocycles. The van der Waals surface area contributed by atoms with Crippen LogP contribution in [0.25, 0.3) is 0 Å². The molecule has 0 aromatic heterocycles. The van der Waals surface area contributed by atoms with Crippen molar-refractivity contribution in [1.29, 1.82) is 0 Å². The van der Waals surface area contributed by atoms with Crippen molar-refractivity contribution in [2.45, 2.75) is 23.8 Å². The van der Waals surface area contributed by atoms with Crippen LogP contribution in [0.3, 0.4) is 0 Å². The number of benzene rings is 2. The number of carbonyl (C=O) groups excluding carboxylic acids is 1. The Kier molecular flexibility index (Phi) is 5.53. The maximum absolute atomic E-state index is 13.7. The fourth-order valence-corrected chi connectivity index (χ4v) is 3.90. The molecule has 0 bridgehead atoms. The summed E-state index contributed by atoms with van der Waals surface area (Å²) in [5.41, 5.74) is 0.108. The summed E-state index contributed by atoms with van der Waals surface area (Å²) < 4.78 is 40.9. The number of piperidine rings is 1. The first kappa shape index (κ1) is 18.3. The zero-order chi connectivity index (χ0) is 18.6. The van der Waals surface area contributed by atoms with Crippen molar-refractivity contribution >= 4 is 21.6 Å². The fourth-order valence-electron chi connectivity index (χ4n) is 2.79. The number of rotatable bonds is 5. The highest BCUT2D eigenvalue weighted by atomic mass is 32.2. The van der Waals surface area contributed by atoms with E-state index in [1.165, 1.54) is 42.5 Å². The minimum Gasteiger partial charge on any atom is -0.349 e. The van der Waals surface area contributed by atoms with Gasteiger partial charge in [-0.15, -0.1) is 0 Å². The molecule has 0 atom stereocenters. The molecule has 8 heteroatoms.